The maximum atomic E-state index is 11.8. The minimum atomic E-state index is 0.0201. The highest BCUT2D eigenvalue weighted by molar-refractivity contribution is 9.10. The van der Waals surface area contributed by atoms with Crippen LogP contribution in [0.15, 0.2) is 22.8 Å². The van der Waals surface area contributed by atoms with E-state index in [0.29, 0.717) is 19.4 Å². The SMILES string of the molecule is O=C(Cc1ccc(Br)cn1)CC1CNCCO1. The van der Waals surface area contributed by atoms with Crippen molar-refractivity contribution in [3.63, 3.8) is 0 Å². The van der Waals surface area contributed by atoms with Gasteiger partial charge in [-0.2, -0.15) is 0 Å². The van der Waals surface area contributed by atoms with Crippen molar-refractivity contribution in [3.05, 3.63) is 28.5 Å². The van der Waals surface area contributed by atoms with Crippen LogP contribution in [0, 0.1) is 0 Å². The molecule has 5 heteroatoms. The second-order valence-corrected chi connectivity index (χ2v) is 5.00. The second kappa shape index (κ2) is 6.23. The summed E-state index contributed by atoms with van der Waals surface area (Å²) in [6.07, 6.45) is 2.57. The van der Waals surface area contributed by atoms with Gasteiger partial charge in [-0.25, -0.2) is 0 Å². The Morgan fingerprint density at radius 2 is 2.47 bits per heavy atom. The summed E-state index contributed by atoms with van der Waals surface area (Å²) in [6.45, 7) is 2.33. The molecule has 0 aromatic carbocycles. The predicted molar refractivity (Wildman–Crippen MR) is 67.9 cm³/mol. The Morgan fingerprint density at radius 1 is 1.59 bits per heavy atom. The number of ketones is 1. The van der Waals surface area contributed by atoms with E-state index in [2.05, 4.69) is 26.2 Å². The lowest BCUT2D eigenvalue weighted by Gasteiger charge is -2.22. The molecule has 92 valence electrons. The van der Waals surface area contributed by atoms with Gasteiger partial charge in [0.15, 0.2) is 0 Å². The Hall–Kier alpha value is -0.780. The number of carbonyl (C=O) groups is 1. The van der Waals surface area contributed by atoms with Crippen molar-refractivity contribution < 1.29 is 9.53 Å². The van der Waals surface area contributed by atoms with Crippen molar-refractivity contribution >= 4 is 21.7 Å². The molecule has 0 amide bonds. The van der Waals surface area contributed by atoms with E-state index in [9.17, 15) is 4.79 Å². The van der Waals surface area contributed by atoms with Crippen molar-refractivity contribution in [2.45, 2.75) is 18.9 Å². The summed E-state index contributed by atoms with van der Waals surface area (Å²) in [7, 11) is 0. The highest BCUT2D eigenvalue weighted by Gasteiger charge is 2.17. The van der Waals surface area contributed by atoms with Gasteiger partial charge in [-0.1, -0.05) is 0 Å². The molecule has 1 saturated heterocycles. The fraction of sp³-hybridized carbons (Fsp3) is 0.500. The summed E-state index contributed by atoms with van der Waals surface area (Å²) in [6, 6.07) is 3.76. The Balaban J connectivity index is 1.82. The molecule has 0 saturated carbocycles. The summed E-state index contributed by atoms with van der Waals surface area (Å²) in [5.41, 5.74) is 0.807. The first-order valence-electron chi connectivity index (χ1n) is 5.68. The van der Waals surface area contributed by atoms with Gasteiger partial charge < -0.3 is 10.1 Å². The van der Waals surface area contributed by atoms with Crippen molar-refractivity contribution in [1.29, 1.82) is 0 Å². The molecule has 17 heavy (non-hydrogen) atoms. The Bertz CT molecular complexity index is 375. The van der Waals surface area contributed by atoms with Crippen LogP contribution >= 0.6 is 15.9 Å². The van der Waals surface area contributed by atoms with Gasteiger partial charge in [-0.15, -0.1) is 0 Å². The predicted octanol–water partition coefficient (Wildman–Crippen LogP) is 1.33. The number of carbonyl (C=O) groups excluding carboxylic acids is 1. The molecule has 1 N–H and O–H groups in total. The standard InChI is InChI=1S/C12H15BrN2O2/c13-9-1-2-10(15-7-9)5-11(16)6-12-8-14-3-4-17-12/h1-2,7,12,14H,3-6,8H2. The lowest BCUT2D eigenvalue weighted by molar-refractivity contribution is -0.121. The molecule has 1 fully saturated rings. The van der Waals surface area contributed by atoms with Gasteiger partial charge >= 0.3 is 0 Å². The molecule has 0 spiro atoms. The van der Waals surface area contributed by atoms with Crippen LogP contribution in [-0.2, 0) is 16.0 Å². The van der Waals surface area contributed by atoms with E-state index in [-0.39, 0.29) is 11.9 Å². The van der Waals surface area contributed by atoms with Crippen LogP contribution in [0.2, 0.25) is 0 Å². The largest absolute Gasteiger partial charge is 0.375 e. The van der Waals surface area contributed by atoms with Crippen molar-refractivity contribution in [1.82, 2.24) is 10.3 Å². The minimum Gasteiger partial charge on any atom is -0.375 e. The van der Waals surface area contributed by atoms with E-state index in [0.717, 1.165) is 23.3 Å². The molecule has 0 bridgehead atoms. The van der Waals surface area contributed by atoms with Gasteiger partial charge in [0.05, 0.1) is 12.7 Å². The first kappa shape index (κ1) is 12.7. The maximum Gasteiger partial charge on any atom is 0.141 e. The fourth-order valence-corrected chi connectivity index (χ4v) is 2.02. The van der Waals surface area contributed by atoms with Gasteiger partial charge in [-0.3, -0.25) is 9.78 Å². The molecule has 1 atom stereocenters. The quantitative estimate of drug-likeness (QED) is 0.911. The average molecular weight is 299 g/mol. The number of ether oxygens (including phenoxy) is 1. The molecule has 1 aliphatic rings. The number of halogens is 1. The van der Waals surface area contributed by atoms with Crippen LogP contribution in [-0.4, -0.2) is 36.6 Å². The third-order valence-corrected chi connectivity index (χ3v) is 3.10. The monoisotopic (exact) mass is 298 g/mol. The highest BCUT2D eigenvalue weighted by Crippen LogP contribution is 2.10. The third kappa shape index (κ3) is 4.18. The molecule has 4 nitrogen and oxygen atoms in total. The number of rotatable bonds is 4. The number of nitrogens with one attached hydrogen (secondary N) is 1. The topological polar surface area (TPSA) is 51.2 Å². The van der Waals surface area contributed by atoms with Crippen LogP contribution in [0.25, 0.3) is 0 Å². The zero-order chi connectivity index (χ0) is 12.1. The van der Waals surface area contributed by atoms with Crippen molar-refractivity contribution in [2.75, 3.05) is 19.7 Å². The van der Waals surface area contributed by atoms with Crippen LogP contribution in [0.1, 0.15) is 12.1 Å². The van der Waals surface area contributed by atoms with E-state index in [4.69, 9.17) is 4.74 Å². The fourth-order valence-electron chi connectivity index (χ4n) is 1.79. The van der Waals surface area contributed by atoms with Crippen LogP contribution in [0.3, 0.4) is 0 Å². The normalized spacial score (nSPS) is 20.2. The van der Waals surface area contributed by atoms with E-state index in [1.165, 1.54) is 0 Å². The Morgan fingerprint density at radius 3 is 3.12 bits per heavy atom. The lowest BCUT2D eigenvalue weighted by atomic mass is 10.1. The summed E-state index contributed by atoms with van der Waals surface area (Å²) in [4.78, 5) is 16.0. The number of pyridine rings is 1. The molecule has 0 aliphatic carbocycles. The number of aromatic nitrogens is 1. The summed E-state index contributed by atoms with van der Waals surface area (Å²) >= 11 is 3.32. The van der Waals surface area contributed by atoms with Crippen molar-refractivity contribution in [3.8, 4) is 0 Å². The number of hydrogen-bond acceptors (Lipinski definition) is 4. The third-order valence-electron chi connectivity index (χ3n) is 2.63. The second-order valence-electron chi connectivity index (χ2n) is 4.08. The van der Waals surface area contributed by atoms with E-state index in [1.807, 2.05) is 12.1 Å². The maximum absolute atomic E-state index is 11.8. The lowest BCUT2D eigenvalue weighted by Crippen LogP contribution is -2.39. The van der Waals surface area contributed by atoms with Gasteiger partial charge in [0.25, 0.3) is 0 Å². The van der Waals surface area contributed by atoms with Gasteiger partial charge in [0.2, 0.25) is 0 Å². The van der Waals surface area contributed by atoms with Crippen LogP contribution in [0.5, 0.6) is 0 Å². The molecule has 1 aromatic heterocycles. The summed E-state index contributed by atoms with van der Waals surface area (Å²) in [5.74, 6) is 0.175. The molecular weight excluding hydrogens is 284 g/mol. The van der Waals surface area contributed by atoms with Gasteiger partial charge in [-0.05, 0) is 28.1 Å². The van der Waals surface area contributed by atoms with E-state index < -0.39 is 0 Å². The minimum absolute atomic E-state index is 0.0201. The number of nitrogens with zero attached hydrogens (tertiary/aromatic N) is 1. The van der Waals surface area contributed by atoms with E-state index >= 15 is 0 Å². The number of hydrogen-bond donors (Lipinski definition) is 1. The number of morpholine rings is 1. The van der Waals surface area contributed by atoms with Crippen LogP contribution < -0.4 is 5.32 Å². The average Bonchev–Trinajstić information content (AvgIpc) is 2.33. The zero-order valence-corrected chi connectivity index (χ0v) is 11.1. The summed E-state index contributed by atoms with van der Waals surface area (Å²) in [5, 5.41) is 3.21. The number of Topliss-reactive ketones (excluding diaryl/α,β-unsaturated/α-hetero) is 1. The highest BCUT2D eigenvalue weighted by atomic mass is 79.9. The molecular formula is C12H15BrN2O2. The molecule has 1 unspecified atom stereocenters. The van der Waals surface area contributed by atoms with Gasteiger partial charge in [0.1, 0.15) is 5.78 Å². The van der Waals surface area contributed by atoms with Crippen LogP contribution in [0.4, 0.5) is 0 Å². The molecule has 2 rings (SSSR count). The first-order valence-corrected chi connectivity index (χ1v) is 6.48. The molecule has 1 aliphatic heterocycles. The molecule has 1 aromatic rings. The van der Waals surface area contributed by atoms with Crippen molar-refractivity contribution in [2.24, 2.45) is 0 Å². The molecule has 0 radical (unpaired) electrons. The molecule has 2 heterocycles. The summed E-state index contributed by atoms with van der Waals surface area (Å²) < 4.78 is 6.42. The van der Waals surface area contributed by atoms with Gasteiger partial charge in [0, 0.05) is 42.3 Å². The first-order chi connectivity index (χ1) is 8.24. The Kier molecular flexibility index (Phi) is 4.65. The zero-order valence-electron chi connectivity index (χ0n) is 9.49. The Labute approximate surface area is 109 Å². The smallest absolute Gasteiger partial charge is 0.141 e. The van der Waals surface area contributed by atoms with E-state index in [1.54, 1.807) is 6.20 Å².